The second-order valence-corrected chi connectivity index (χ2v) is 7.59. The first-order valence-electron chi connectivity index (χ1n) is 9.49. The molecular weight excluding hydrogens is 348 g/mol. The van der Waals surface area contributed by atoms with Gasteiger partial charge in [0.25, 0.3) is 0 Å². The predicted octanol–water partition coefficient (Wildman–Crippen LogP) is 0.998. The van der Waals surface area contributed by atoms with Crippen LogP contribution in [0.3, 0.4) is 0 Å². The lowest BCUT2D eigenvalue weighted by atomic mass is 9.73. The third kappa shape index (κ3) is 4.25. The summed E-state index contributed by atoms with van der Waals surface area (Å²) in [6.07, 6.45) is 1.62. The molecule has 2 aliphatic heterocycles. The highest BCUT2D eigenvalue weighted by molar-refractivity contribution is 5.79. The molecule has 0 spiro atoms. The Bertz CT molecular complexity index is 689. The normalized spacial score (nSPS) is 26.1. The molecule has 0 unspecified atom stereocenters. The van der Waals surface area contributed by atoms with Crippen LogP contribution in [0.2, 0.25) is 0 Å². The number of hydrogen-bond donors (Lipinski definition) is 2. The zero-order valence-corrected chi connectivity index (χ0v) is 15.8. The highest BCUT2D eigenvalue weighted by Crippen LogP contribution is 2.35. The van der Waals surface area contributed by atoms with E-state index in [0.29, 0.717) is 18.7 Å². The van der Waals surface area contributed by atoms with Gasteiger partial charge in [0.1, 0.15) is 11.2 Å². The minimum atomic E-state index is -1.34. The molecule has 2 atom stereocenters. The SMILES string of the molecule is COc1cccc(C[C@@]2(C(=O)O)CN(CC(=O)N3CCCC3)CC[C@@H]2O)c1. The molecule has 0 aromatic heterocycles. The smallest absolute Gasteiger partial charge is 0.313 e. The number of carboxylic acid groups (broad SMARTS) is 1. The van der Waals surface area contributed by atoms with Gasteiger partial charge in [-0.2, -0.15) is 0 Å². The Morgan fingerprint density at radius 2 is 2.00 bits per heavy atom. The minimum absolute atomic E-state index is 0.0459. The van der Waals surface area contributed by atoms with Gasteiger partial charge in [-0.15, -0.1) is 0 Å². The van der Waals surface area contributed by atoms with Crippen molar-refractivity contribution in [2.24, 2.45) is 5.41 Å². The number of carboxylic acids is 1. The molecule has 1 aromatic carbocycles. The van der Waals surface area contributed by atoms with Crippen molar-refractivity contribution in [3.8, 4) is 5.75 Å². The van der Waals surface area contributed by atoms with Crippen LogP contribution in [0.5, 0.6) is 5.75 Å². The van der Waals surface area contributed by atoms with E-state index in [2.05, 4.69) is 0 Å². The first-order chi connectivity index (χ1) is 12.9. The Hall–Kier alpha value is -2.12. The minimum Gasteiger partial charge on any atom is -0.497 e. The molecule has 7 nitrogen and oxygen atoms in total. The monoisotopic (exact) mass is 376 g/mol. The van der Waals surface area contributed by atoms with E-state index in [4.69, 9.17) is 4.74 Å². The first kappa shape index (κ1) is 19.6. The number of aliphatic hydroxyl groups excluding tert-OH is 1. The highest BCUT2D eigenvalue weighted by atomic mass is 16.5. The van der Waals surface area contributed by atoms with Crippen LogP contribution < -0.4 is 4.74 Å². The van der Waals surface area contributed by atoms with E-state index >= 15 is 0 Å². The first-order valence-corrected chi connectivity index (χ1v) is 9.49. The quantitative estimate of drug-likeness (QED) is 0.770. The number of piperidine rings is 1. The van der Waals surface area contributed by atoms with Crippen LogP contribution in [0.4, 0.5) is 0 Å². The Balaban J connectivity index is 1.76. The zero-order chi connectivity index (χ0) is 19.4. The van der Waals surface area contributed by atoms with Crippen LogP contribution in [0.25, 0.3) is 0 Å². The molecule has 2 aliphatic rings. The summed E-state index contributed by atoms with van der Waals surface area (Å²) in [5, 5.41) is 20.6. The van der Waals surface area contributed by atoms with Crippen LogP contribution >= 0.6 is 0 Å². The molecule has 7 heteroatoms. The van der Waals surface area contributed by atoms with Crippen molar-refractivity contribution in [2.45, 2.75) is 31.8 Å². The number of hydrogen-bond acceptors (Lipinski definition) is 5. The maximum atomic E-state index is 12.5. The molecule has 1 aromatic rings. The van der Waals surface area contributed by atoms with Crippen molar-refractivity contribution in [3.63, 3.8) is 0 Å². The van der Waals surface area contributed by atoms with E-state index in [1.807, 2.05) is 21.9 Å². The summed E-state index contributed by atoms with van der Waals surface area (Å²) in [6.45, 7) is 2.44. The number of rotatable bonds is 6. The fraction of sp³-hybridized carbons (Fsp3) is 0.600. The molecule has 2 heterocycles. The lowest BCUT2D eigenvalue weighted by Gasteiger charge is -2.43. The fourth-order valence-electron chi connectivity index (χ4n) is 4.16. The molecule has 0 aliphatic carbocycles. The average Bonchev–Trinajstić information content (AvgIpc) is 3.19. The van der Waals surface area contributed by atoms with Crippen LogP contribution in [-0.2, 0) is 16.0 Å². The van der Waals surface area contributed by atoms with Gasteiger partial charge in [-0.05, 0) is 43.4 Å². The highest BCUT2D eigenvalue weighted by Gasteiger charge is 2.49. The second-order valence-electron chi connectivity index (χ2n) is 7.59. The van der Waals surface area contributed by atoms with Gasteiger partial charge in [-0.25, -0.2) is 0 Å². The Labute approximate surface area is 159 Å². The number of ether oxygens (including phenoxy) is 1. The summed E-state index contributed by atoms with van der Waals surface area (Å²) >= 11 is 0. The van der Waals surface area contributed by atoms with Gasteiger partial charge in [-0.3, -0.25) is 14.5 Å². The zero-order valence-electron chi connectivity index (χ0n) is 15.8. The molecule has 2 N–H and O–H groups in total. The number of benzene rings is 1. The second kappa shape index (κ2) is 8.27. The molecule has 1 amide bonds. The fourth-order valence-corrected chi connectivity index (χ4v) is 4.16. The van der Waals surface area contributed by atoms with Gasteiger partial charge < -0.3 is 19.8 Å². The molecule has 27 heavy (non-hydrogen) atoms. The van der Waals surface area contributed by atoms with Crippen LogP contribution in [0.1, 0.15) is 24.8 Å². The molecule has 2 saturated heterocycles. The number of methoxy groups -OCH3 is 1. The van der Waals surface area contributed by atoms with E-state index in [0.717, 1.165) is 31.5 Å². The average molecular weight is 376 g/mol. The van der Waals surface area contributed by atoms with Crippen LogP contribution in [-0.4, -0.2) is 77.8 Å². The number of carbonyl (C=O) groups is 2. The Morgan fingerprint density at radius 1 is 1.26 bits per heavy atom. The third-order valence-corrected chi connectivity index (χ3v) is 5.76. The van der Waals surface area contributed by atoms with E-state index < -0.39 is 17.5 Å². The Kier molecular flexibility index (Phi) is 6.01. The third-order valence-electron chi connectivity index (χ3n) is 5.76. The predicted molar refractivity (Wildman–Crippen MR) is 99.6 cm³/mol. The lowest BCUT2D eigenvalue weighted by Crippen LogP contribution is -2.58. The van der Waals surface area contributed by atoms with Crippen molar-refractivity contribution in [2.75, 3.05) is 39.8 Å². The summed E-state index contributed by atoms with van der Waals surface area (Å²) in [4.78, 5) is 28.4. The number of amides is 1. The number of aliphatic carboxylic acids is 1. The number of aliphatic hydroxyl groups is 1. The van der Waals surface area contributed by atoms with E-state index in [1.165, 1.54) is 0 Å². The van der Waals surface area contributed by atoms with Gasteiger partial charge in [0.15, 0.2) is 0 Å². The van der Waals surface area contributed by atoms with Gasteiger partial charge in [0, 0.05) is 26.2 Å². The molecule has 2 fully saturated rings. The maximum Gasteiger partial charge on any atom is 0.313 e. The molecule has 0 radical (unpaired) electrons. The van der Waals surface area contributed by atoms with Crippen molar-refractivity contribution in [3.05, 3.63) is 29.8 Å². The van der Waals surface area contributed by atoms with Gasteiger partial charge in [-0.1, -0.05) is 12.1 Å². The van der Waals surface area contributed by atoms with Gasteiger partial charge in [0.05, 0.1) is 19.8 Å². The summed E-state index contributed by atoms with van der Waals surface area (Å²) in [7, 11) is 1.56. The summed E-state index contributed by atoms with van der Waals surface area (Å²) < 4.78 is 5.22. The van der Waals surface area contributed by atoms with Crippen molar-refractivity contribution in [1.82, 2.24) is 9.80 Å². The van der Waals surface area contributed by atoms with Crippen LogP contribution in [0, 0.1) is 5.41 Å². The number of carbonyl (C=O) groups excluding carboxylic acids is 1. The standard InChI is InChI=1S/C20H28N2O5/c1-27-16-6-4-5-15(11-16)12-20(19(25)26)14-21(10-7-17(20)23)13-18(24)22-8-2-3-9-22/h4-6,11,17,23H,2-3,7-10,12-14H2,1H3,(H,25,26)/t17-,20+/m0/s1. The summed E-state index contributed by atoms with van der Waals surface area (Å²) in [5.74, 6) is -0.333. The largest absolute Gasteiger partial charge is 0.497 e. The lowest BCUT2D eigenvalue weighted by molar-refractivity contribution is -0.164. The molecular formula is C20H28N2O5. The van der Waals surface area contributed by atoms with Gasteiger partial charge >= 0.3 is 5.97 Å². The topological polar surface area (TPSA) is 90.3 Å². The Morgan fingerprint density at radius 3 is 2.67 bits per heavy atom. The van der Waals surface area contributed by atoms with E-state index in [9.17, 15) is 19.8 Å². The number of nitrogens with zero attached hydrogens (tertiary/aromatic N) is 2. The van der Waals surface area contributed by atoms with Crippen LogP contribution in [0.15, 0.2) is 24.3 Å². The molecule has 0 saturated carbocycles. The van der Waals surface area contributed by atoms with E-state index in [1.54, 1.807) is 19.2 Å². The van der Waals surface area contributed by atoms with Crippen molar-refractivity contribution >= 4 is 11.9 Å². The van der Waals surface area contributed by atoms with Crippen molar-refractivity contribution in [1.29, 1.82) is 0 Å². The molecule has 3 rings (SSSR count). The molecule has 0 bridgehead atoms. The number of likely N-dealkylation sites (tertiary alicyclic amines) is 2. The summed E-state index contributed by atoms with van der Waals surface area (Å²) in [5.41, 5.74) is -0.542. The maximum absolute atomic E-state index is 12.5. The van der Waals surface area contributed by atoms with Crippen molar-refractivity contribution < 1.29 is 24.5 Å². The van der Waals surface area contributed by atoms with Gasteiger partial charge in [0.2, 0.25) is 5.91 Å². The summed E-state index contributed by atoms with van der Waals surface area (Å²) in [6, 6.07) is 7.25. The molecule has 148 valence electrons. The van der Waals surface area contributed by atoms with E-state index in [-0.39, 0.29) is 25.4 Å².